The number of hydrogen-bond acceptors (Lipinski definition) is 6. The fourth-order valence-electron chi connectivity index (χ4n) is 1.82. The van der Waals surface area contributed by atoms with Crippen molar-refractivity contribution >= 4 is 11.6 Å². The van der Waals surface area contributed by atoms with E-state index in [-0.39, 0.29) is 19.0 Å². The van der Waals surface area contributed by atoms with Crippen molar-refractivity contribution in [1.29, 1.82) is 0 Å². The topological polar surface area (TPSA) is 97.3 Å². The number of nitrogens with two attached hydrogens (primary N) is 1. The predicted molar refractivity (Wildman–Crippen MR) is 78.3 cm³/mol. The predicted octanol–water partition coefficient (Wildman–Crippen LogP) is 0.907. The molecule has 1 aromatic carbocycles. The number of hydrogen-bond donors (Lipinski definition) is 2. The highest BCUT2D eigenvalue weighted by Gasteiger charge is 2.11. The molecule has 2 aromatic rings. The van der Waals surface area contributed by atoms with Gasteiger partial charge in [-0.2, -0.15) is 4.98 Å². The lowest BCUT2D eigenvalue weighted by Crippen LogP contribution is -2.30. The molecule has 0 unspecified atom stereocenters. The number of nitrogens with one attached hydrogen (secondary N) is 1. The second-order valence-corrected chi connectivity index (χ2v) is 4.89. The molecule has 1 heterocycles. The van der Waals surface area contributed by atoms with Crippen molar-refractivity contribution in [3.8, 4) is 0 Å². The molecule has 7 heteroatoms. The number of carbonyl (C=O) groups is 1. The van der Waals surface area contributed by atoms with Crippen LogP contribution in [0.2, 0.25) is 0 Å². The van der Waals surface area contributed by atoms with Gasteiger partial charge in [0.1, 0.15) is 0 Å². The van der Waals surface area contributed by atoms with Crippen LogP contribution in [0.3, 0.4) is 0 Å². The van der Waals surface area contributed by atoms with Crippen molar-refractivity contribution in [1.82, 2.24) is 15.0 Å². The molecule has 0 radical (unpaired) electrons. The summed E-state index contributed by atoms with van der Waals surface area (Å²) < 4.78 is 4.91. The number of carbonyl (C=O) groups excluding carboxylic acids is 1. The molecule has 2 rings (SSSR count). The number of aryl methyl sites for hydroxylation is 1. The van der Waals surface area contributed by atoms with Gasteiger partial charge in [-0.1, -0.05) is 22.9 Å². The molecule has 0 saturated heterocycles. The van der Waals surface area contributed by atoms with E-state index >= 15 is 0 Å². The fourth-order valence-corrected chi connectivity index (χ4v) is 1.82. The van der Waals surface area contributed by atoms with E-state index < -0.39 is 0 Å². The number of rotatable bonds is 6. The van der Waals surface area contributed by atoms with Crippen LogP contribution in [0.5, 0.6) is 0 Å². The van der Waals surface area contributed by atoms with Crippen molar-refractivity contribution in [3.05, 3.63) is 41.5 Å². The summed E-state index contributed by atoms with van der Waals surface area (Å²) in [4.78, 5) is 17.8. The van der Waals surface area contributed by atoms with Crippen molar-refractivity contribution in [2.45, 2.75) is 20.0 Å². The fraction of sp³-hybridized carbons (Fsp3) is 0.357. The number of likely N-dealkylation sites (N-methyl/N-ethyl adjacent to an activating group) is 1. The average Bonchev–Trinajstić information content (AvgIpc) is 2.88. The Bertz CT molecular complexity index is 594. The number of nitrogens with zero attached hydrogens (tertiary/aromatic N) is 3. The lowest BCUT2D eigenvalue weighted by atomic mass is 10.2. The summed E-state index contributed by atoms with van der Waals surface area (Å²) in [5.41, 5.74) is 7.33. The molecule has 0 saturated carbocycles. The van der Waals surface area contributed by atoms with Gasteiger partial charge in [0.15, 0.2) is 5.82 Å². The van der Waals surface area contributed by atoms with Crippen LogP contribution >= 0.6 is 0 Å². The standard InChI is InChI=1S/C14H19N5O2/c1-10-3-5-11(6-4-10)16-13(20)9-19(2)8-12-17-14(7-15)21-18-12/h3-6H,7-9,15H2,1-2H3,(H,16,20). The minimum atomic E-state index is -0.0936. The highest BCUT2D eigenvalue weighted by Crippen LogP contribution is 2.08. The van der Waals surface area contributed by atoms with Gasteiger partial charge in [0.2, 0.25) is 11.8 Å². The molecule has 1 amide bonds. The van der Waals surface area contributed by atoms with Crippen molar-refractivity contribution < 1.29 is 9.32 Å². The number of anilines is 1. The van der Waals surface area contributed by atoms with Gasteiger partial charge in [-0.05, 0) is 26.1 Å². The number of amides is 1. The summed E-state index contributed by atoms with van der Waals surface area (Å²) in [6.45, 7) is 2.87. The maximum atomic E-state index is 11.9. The summed E-state index contributed by atoms with van der Waals surface area (Å²) in [5.74, 6) is 0.812. The third kappa shape index (κ3) is 4.66. The third-order valence-electron chi connectivity index (χ3n) is 2.84. The van der Waals surface area contributed by atoms with Crippen LogP contribution in [0.4, 0.5) is 5.69 Å². The second kappa shape index (κ2) is 6.96. The van der Waals surface area contributed by atoms with Gasteiger partial charge in [0.05, 0.1) is 19.6 Å². The molecule has 0 fully saturated rings. The maximum Gasteiger partial charge on any atom is 0.240 e. The van der Waals surface area contributed by atoms with Crippen LogP contribution in [-0.2, 0) is 17.9 Å². The lowest BCUT2D eigenvalue weighted by molar-refractivity contribution is -0.117. The van der Waals surface area contributed by atoms with E-state index in [4.69, 9.17) is 10.3 Å². The minimum Gasteiger partial charge on any atom is -0.338 e. The zero-order valence-corrected chi connectivity index (χ0v) is 12.2. The smallest absolute Gasteiger partial charge is 0.240 e. The molecule has 0 aliphatic rings. The second-order valence-electron chi connectivity index (χ2n) is 4.89. The van der Waals surface area contributed by atoms with Crippen LogP contribution in [0, 0.1) is 6.92 Å². The van der Waals surface area contributed by atoms with E-state index in [0.717, 1.165) is 11.3 Å². The Balaban J connectivity index is 1.82. The van der Waals surface area contributed by atoms with Gasteiger partial charge >= 0.3 is 0 Å². The van der Waals surface area contributed by atoms with Crippen molar-refractivity contribution in [3.63, 3.8) is 0 Å². The largest absolute Gasteiger partial charge is 0.338 e. The first kappa shape index (κ1) is 15.1. The van der Waals surface area contributed by atoms with Crippen LogP contribution in [-0.4, -0.2) is 34.5 Å². The van der Waals surface area contributed by atoms with Crippen LogP contribution in [0.15, 0.2) is 28.8 Å². The maximum absolute atomic E-state index is 11.9. The molecule has 3 N–H and O–H groups in total. The highest BCUT2D eigenvalue weighted by atomic mass is 16.5. The third-order valence-corrected chi connectivity index (χ3v) is 2.84. The average molecular weight is 289 g/mol. The molecule has 112 valence electrons. The molecule has 0 bridgehead atoms. The number of benzene rings is 1. The first-order valence-electron chi connectivity index (χ1n) is 6.63. The zero-order valence-electron chi connectivity index (χ0n) is 12.2. The molecule has 0 aliphatic heterocycles. The molecular formula is C14H19N5O2. The van der Waals surface area contributed by atoms with Crippen LogP contribution in [0.1, 0.15) is 17.3 Å². The zero-order chi connectivity index (χ0) is 15.2. The molecule has 0 aliphatic carbocycles. The van der Waals surface area contributed by atoms with E-state index in [1.54, 1.807) is 4.90 Å². The van der Waals surface area contributed by atoms with E-state index in [1.165, 1.54) is 0 Å². The van der Waals surface area contributed by atoms with Crippen molar-refractivity contribution in [2.24, 2.45) is 5.73 Å². The molecule has 1 aromatic heterocycles. The lowest BCUT2D eigenvalue weighted by Gasteiger charge is -2.14. The van der Waals surface area contributed by atoms with Gasteiger partial charge in [-0.3, -0.25) is 9.69 Å². The van der Waals surface area contributed by atoms with Gasteiger partial charge in [0, 0.05) is 5.69 Å². The van der Waals surface area contributed by atoms with E-state index in [9.17, 15) is 4.79 Å². The molecule has 0 atom stereocenters. The van der Waals surface area contributed by atoms with Crippen LogP contribution in [0.25, 0.3) is 0 Å². The van der Waals surface area contributed by atoms with E-state index in [2.05, 4.69) is 15.5 Å². The Morgan fingerprint density at radius 3 is 2.71 bits per heavy atom. The number of aromatic nitrogens is 2. The summed E-state index contributed by atoms with van der Waals surface area (Å²) >= 11 is 0. The van der Waals surface area contributed by atoms with Gasteiger partial charge in [0.25, 0.3) is 0 Å². The Labute approximate surface area is 123 Å². The Kier molecular flexibility index (Phi) is 5.02. The Morgan fingerprint density at radius 1 is 1.38 bits per heavy atom. The van der Waals surface area contributed by atoms with E-state index in [1.807, 2.05) is 38.2 Å². The quantitative estimate of drug-likeness (QED) is 0.820. The monoisotopic (exact) mass is 289 g/mol. The molecule has 21 heavy (non-hydrogen) atoms. The Hall–Kier alpha value is -2.25. The normalized spacial score (nSPS) is 10.9. The summed E-state index contributed by atoms with van der Waals surface area (Å²) in [6.07, 6.45) is 0. The summed E-state index contributed by atoms with van der Waals surface area (Å²) in [7, 11) is 1.81. The van der Waals surface area contributed by atoms with Crippen molar-refractivity contribution in [2.75, 3.05) is 18.9 Å². The Morgan fingerprint density at radius 2 is 2.10 bits per heavy atom. The van der Waals surface area contributed by atoms with Gasteiger partial charge < -0.3 is 15.6 Å². The highest BCUT2D eigenvalue weighted by molar-refractivity contribution is 5.92. The minimum absolute atomic E-state index is 0.0936. The van der Waals surface area contributed by atoms with Gasteiger partial charge in [-0.15, -0.1) is 0 Å². The summed E-state index contributed by atoms with van der Waals surface area (Å²) in [6, 6.07) is 7.65. The summed E-state index contributed by atoms with van der Waals surface area (Å²) in [5, 5.41) is 6.63. The molecule has 0 spiro atoms. The van der Waals surface area contributed by atoms with E-state index in [0.29, 0.717) is 18.3 Å². The van der Waals surface area contributed by atoms with Gasteiger partial charge in [-0.25, -0.2) is 0 Å². The first-order chi connectivity index (χ1) is 10.1. The first-order valence-corrected chi connectivity index (χ1v) is 6.63. The SMILES string of the molecule is Cc1ccc(NC(=O)CN(C)Cc2noc(CN)n2)cc1. The molecular weight excluding hydrogens is 270 g/mol. The molecule has 7 nitrogen and oxygen atoms in total. The van der Waals surface area contributed by atoms with Crippen LogP contribution < -0.4 is 11.1 Å².